The highest BCUT2D eigenvalue weighted by Crippen LogP contribution is 2.11. The van der Waals surface area contributed by atoms with Gasteiger partial charge in [-0.3, -0.25) is 0 Å². The van der Waals surface area contributed by atoms with Crippen LogP contribution in [0.3, 0.4) is 0 Å². The minimum atomic E-state index is 0.150. The Morgan fingerprint density at radius 2 is 2.05 bits per heavy atom. The highest BCUT2D eigenvalue weighted by atomic mass is 16.4. The van der Waals surface area contributed by atoms with Crippen LogP contribution >= 0.6 is 0 Å². The molecule has 0 saturated carbocycles. The minimum Gasteiger partial charge on any atom is -0.409 e. The van der Waals surface area contributed by atoms with Crippen molar-refractivity contribution in [1.29, 1.82) is 0 Å². The summed E-state index contributed by atoms with van der Waals surface area (Å²) in [5, 5.41) is 15.2. The average Bonchev–Trinajstić information content (AvgIpc) is 2.51. The number of oxime groups is 1. The van der Waals surface area contributed by atoms with E-state index in [0.29, 0.717) is 0 Å². The van der Waals surface area contributed by atoms with Crippen LogP contribution in [0.15, 0.2) is 23.4 Å². The fraction of sp³-hybridized carbons (Fsp3) is 0.562. The second-order valence-corrected chi connectivity index (χ2v) is 5.18. The van der Waals surface area contributed by atoms with Crippen molar-refractivity contribution in [3.05, 3.63) is 34.9 Å². The predicted molar refractivity (Wildman–Crippen MR) is 87.8 cm³/mol. The first kappa shape index (κ1) is 17.5. The first-order chi connectivity index (χ1) is 10.1. The lowest BCUT2D eigenvalue weighted by Gasteiger charge is -2.17. The van der Waals surface area contributed by atoms with E-state index in [1.807, 2.05) is 25.1 Å². The number of amidine groups is 1. The predicted octanol–water partition coefficient (Wildman–Crippen LogP) is 1.91. The fourth-order valence-corrected chi connectivity index (χ4v) is 2.30. The number of hydrogen-bond acceptors (Lipinski definition) is 4. The van der Waals surface area contributed by atoms with E-state index in [4.69, 9.17) is 10.9 Å². The van der Waals surface area contributed by atoms with Crippen molar-refractivity contribution in [3.8, 4) is 0 Å². The molecule has 0 bridgehead atoms. The van der Waals surface area contributed by atoms with Crippen LogP contribution in [0.2, 0.25) is 0 Å². The van der Waals surface area contributed by atoms with Crippen molar-refractivity contribution in [2.45, 2.75) is 33.7 Å². The van der Waals surface area contributed by atoms with E-state index in [-0.39, 0.29) is 5.84 Å². The van der Waals surface area contributed by atoms with E-state index in [0.717, 1.165) is 50.3 Å². The molecule has 1 aromatic carbocycles. The maximum absolute atomic E-state index is 8.68. The van der Waals surface area contributed by atoms with Crippen molar-refractivity contribution in [2.75, 3.05) is 26.2 Å². The van der Waals surface area contributed by atoms with Gasteiger partial charge in [-0.2, -0.15) is 0 Å². The van der Waals surface area contributed by atoms with Gasteiger partial charge in [0, 0.05) is 12.1 Å². The molecule has 1 aromatic rings. The molecule has 5 heteroatoms. The van der Waals surface area contributed by atoms with Crippen LogP contribution in [0.4, 0.5) is 0 Å². The fourth-order valence-electron chi connectivity index (χ4n) is 2.30. The SMILES string of the molecule is CCN(CC)CCCNCc1ccc(/C(N)=N/O)cc1C. The topological polar surface area (TPSA) is 73.9 Å². The Balaban J connectivity index is 2.39. The van der Waals surface area contributed by atoms with Gasteiger partial charge in [-0.25, -0.2) is 0 Å². The van der Waals surface area contributed by atoms with Gasteiger partial charge in [-0.05, 0) is 56.7 Å². The normalized spacial score (nSPS) is 12.1. The summed E-state index contributed by atoms with van der Waals surface area (Å²) in [7, 11) is 0. The van der Waals surface area contributed by atoms with Gasteiger partial charge < -0.3 is 21.2 Å². The molecule has 118 valence electrons. The molecule has 0 aliphatic heterocycles. The molecule has 4 N–H and O–H groups in total. The molecule has 21 heavy (non-hydrogen) atoms. The third kappa shape index (κ3) is 5.73. The molecule has 0 unspecified atom stereocenters. The van der Waals surface area contributed by atoms with Gasteiger partial charge in [0.25, 0.3) is 0 Å². The highest BCUT2D eigenvalue weighted by molar-refractivity contribution is 5.97. The maximum Gasteiger partial charge on any atom is 0.170 e. The second kappa shape index (κ2) is 9.37. The summed E-state index contributed by atoms with van der Waals surface area (Å²) in [6, 6.07) is 5.86. The summed E-state index contributed by atoms with van der Waals surface area (Å²) in [5.41, 5.74) is 8.73. The van der Waals surface area contributed by atoms with E-state index in [1.54, 1.807) is 0 Å². The number of rotatable bonds is 9. The quantitative estimate of drug-likeness (QED) is 0.214. The highest BCUT2D eigenvalue weighted by Gasteiger charge is 2.04. The number of benzene rings is 1. The van der Waals surface area contributed by atoms with Gasteiger partial charge in [0.1, 0.15) is 0 Å². The Kier molecular flexibility index (Phi) is 7.79. The molecular formula is C16H28N4O. The number of aryl methyl sites for hydroxylation is 1. The smallest absolute Gasteiger partial charge is 0.170 e. The Morgan fingerprint density at radius 1 is 1.33 bits per heavy atom. The van der Waals surface area contributed by atoms with Gasteiger partial charge in [0.2, 0.25) is 0 Å². The Morgan fingerprint density at radius 3 is 2.62 bits per heavy atom. The van der Waals surface area contributed by atoms with Gasteiger partial charge in [0.05, 0.1) is 0 Å². The van der Waals surface area contributed by atoms with Crippen LogP contribution in [0.1, 0.15) is 37.0 Å². The Hall–Kier alpha value is -1.59. The standard InChI is InChI=1S/C16H28N4O/c1-4-20(5-2)10-6-9-18-12-15-8-7-14(11-13(15)3)16(17)19-21/h7-8,11,18,21H,4-6,9-10,12H2,1-3H3,(H2,17,19). The summed E-state index contributed by atoms with van der Waals surface area (Å²) in [6.45, 7) is 11.7. The molecule has 0 amide bonds. The summed E-state index contributed by atoms with van der Waals surface area (Å²) in [6.07, 6.45) is 1.16. The zero-order valence-electron chi connectivity index (χ0n) is 13.4. The molecule has 0 aromatic heterocycles. The Bertz CT molecular complexity index is 456. The molecule has 0 fully saturated rings. The molecule has 0 heterocycles. The van der Waals surface area contributed by atoms with Crippen LogP contribution in [0.25, 0.3) is 0 Å². The van der Waals surface area contributed by atoms with Gasteiger partial charge >= 0.3 is 0 Å². The van der Waals surface area contributed by atoms with Gasteiger partial charge in [-0.1, -0.05) is 31.1 Å². The molecule has 0 atom stereocenters. The van der Waals surface area contributed by atoms with Gasteiger partial charge in [-0.15, -0.1) is 0 Å². The molecule has 0 saturated heterocycles. The summed E-state index contributed by atoms with van der Waals surface area (Å²) in [4.78, 5) is 2.43. The summed E-state index contributed by atoms with van der Waals surface area (Å²) >= 11 is 0. The van der Waals surface area contributed by atoms with Crippen molar-refractivity contribution in [1.82, 2.24) is 10.2 Å². The molecule has 0 aliphatic carbocycles. The van der Waals surface area contributed by atoms with Crippen molar-refractivity contribution >= 4 is 5.84 Å². The number of nitrogens with zero attached hydrogens (tertiary/aromatic N) is 2. The zero-order valence-corrected chi connectivity index (χ0v) is 13.4. The van der Waals surface area contributed by atoms with Crippen molar-refractivity contribution < 1.29 is 5.21 Å². The number of hydrogen-bond donors (Lipinski definition) is 3. The molecule has 1 rings (SSSR count). The van der Waals surface area contributed by atoms with E-state index in [9.17, 15) is 0 Å². The third-order valence-electron chi connectivity index (χ3n) is 3.78. The van der Waals surface area contributed by atoms with Crippen molar-refractivity contribution in [3.63, 3.8) is 0 Å². The monoisotopic (exact) mass is 292 g/mol. The lowest BCUT2D eigenvalue weighted by Crippen LogP contribution is -2.27. The lowest BCUT2D eigenvalue weighted by atomic mass is 10.0. The maximum atomic E-state index is 8.68. The molecule has 0 spiro atoms. The molecule has 5 nitrogen and oxygen atoms in total. The number of nitrogens with two attached hydrogens (primary N) is 1. The first-order valence-electron chi connectivity index (χ1n) is 7.62. The van der Waals surface area contributed by atoms with E-state index in [1.165, 1.54) is 5.56 Å². The summed E-state index contributed by atoms with van der Waals surface area (Å²) in [5.74, 6) is 0.150. The first-order valence-corrected chi connectivity index (χ1v) is 7.62. The van der Waals surface area contributed by atoms with E-state index in [2.05, 4.69) is 29.2 Å². The van der Waals surface area contributed by atoms with Crippen LogP contribution in [0, 0.1) is 6.92 Å². The van der Waals surface area contributed by atoms with Crippen LogP contribution in [-0.2, 0) is 6.54 Å². The van der Waals surface area contributed by atoms with E-state index < -0.39 is 0 Å². The Labute approximate surface area is 127 Å². The average molecular weight is 292 g/mol. The van der Waals surface area contributed by atoms with Crippen molar-refractivity contribution in [2.24, 2.45) is 10.9 Å². The third-order valence-corrected chi connectivity index (χ3v) is 3.78. The molecule has 0 radical (unpaired) electrons. The largest absolute Gasteiger partial charge is 0.409 e. The van der Waals surface area contributed by atoms with Gasteiger partial charge in [0.15, 0.2) is 5.84 Å². The second-order valence-electron chi connectivity index (χ2n) is 5.18. The summed E-state index contributed by atoms with van der Waals surface area (Å²) < 4.78 is 0. The lowest BCUT2D eigenvalue weighted by molar-refractivity contribution is 0.298. The van der Waals surface area contributed by atoms with Crippen LogP contribution < -0.4 is 11.1 Å². The van der Waals surface area contributed by atoms with Crippen LogP contribution in [0.5, 0.6) is 0 Å². The molecular weight excluding hydrogens is 264 g/mol. The van der Waals surface area contributed by atoms with Crippen LogP contribution in [-0.4, -0.2) is 42.1 Å². The minimum absolute atomic E-state index is 0.150. The molecule has 0 aliphatic rings. The van der Waals surface area contributed by atoms with E-state index >= 15 is 0 Å². The zero-order chi connectivity index (χ0) is 15.7. The number of nitrogens with one attached hydrogen (secondary N) is 1.